The number of hydrogen-bond donors (Lipinski definition) is 1. The van der Waals surface area contributed by atoms with Crippen LogP contribution in [0.1, 0.15) is 74.1 Å². The third-order valence-electron chi connectivity index (χ3n) is 3.60. The summed E-state index contributed by atoms with van der Waals surface area (Å²) in [5, 5.41) is 3.74. The van der Waals surface area contributed by atoms with Crippen molar-refractivity contribution in [2.45, 2.75) is 80.2 Å². The van der Waals surface area contributed by atoms with Crippen molar-refractivity contribution in [2.24, 2.45) is 17.3 Å². The molecule has 0 aliphatic heterocycles. The minimum atomic E-state index is 0.462. The first-order valence-corrected chi connectivity index (χ1v) is 7.53. The van der Waals surface area contributed by atoms with Gasteiger partial charge in [0.05, 0.1) is 0 Å². The summed E-state index contributed by atoms with van der Waals surface area (Å²) in [6.07, 6.45) is 5.17. The first kappa shape index (κ1) is 17.0. The van der Waals surface area contributed by atoms with E-state index in [1.807, 2.05) is 0 Å². The molecule has 0 saturated heterocycles. The molecule has 3 unspecified atom stereocenters. The van der Waals surface area contributed by atoms with Crippen LogP contribution in [0.25, 0.3) is 0 Å². The standard InChI is InChI=1S/C16H35N/c1-8-10-17-15(14(4)9-2)11-13(3)12-16(5,6)7/h13-15,17H,8-12H2,1-7H3. The number of nitrogens with one attached hydrogen (secondary N) is 1. The summed E-state index contributed by atoms with van der Waals surface area (Å²) in [4.78, 5) is 0. The summed E-state index contributed by atoms with van der Waals surface area (Å²) in [7, 11) is 0. The van der Waals surface area contributed by atoms with E-state index in [1.54, 1.807) is 0 Å². The highest BCUT2D eigenvalue weighted by molar-refractivity contribution is 4.77. The first-order chi connectivity index (χ1) is 7.80. The molecule has 0 fully saturated rings. The van der Waals surface area contributed by atoms with Gasteiger partial charge in [0.25, 0.3) is 0 Å². The second kappa shape index (κ2) is 8.13. The first-order valence-electron chi connectivity index (χ1n) is 7.53. The van der Waals surface area contributed by atoms with Gasteiger partial charge in [-0.1, -0.05) is 54.9 Å². The van der Waals surface area contributed by atoms with Crippen LogP contribution < -0.4 is 5.32 Å². The summed E-state index contributed by atoms with van der Waals surface area (Å²) >= 11 is 0. The maximum Gasteiger partial charge on any atom is 0.00951 e. The van der Waals surface area contributed by atoms with Gasteiger partial charge in [0.1, 0.15) is 0 Å². The summed E-state index contributed by atoms with van der Waals surface area (Å²) in [5.41, 5.74) is 0.462. The average molecular weight is 241 g/mol. The van der Waals surface area contributed by atoms with Gasteiger partial charge in [-0.3, -0.25) is 0 Å². The molecule has 1 N–H and O–H groups in total. The average Bonchev–Trinajstić information content (AvgIpc) is 2.20. The van der Waals surface area contributed by atoms with Gasteiger partial charge >= 0.3 is 0 Å². The van der Waals surface area contributed by atoms with E-state index in [1.165, 1.54) is 25.7 Å². The van der Waals surface area contributed by atoms with Crippen molar-refractivity contribution in [1.29, 1.82) is 0 Å². The lowest BCUT2D eigenvalue weighted by Crippen LogP contribution is -2.37. The molecule has 0 spiro atoms. The van der Waals surface area contributed by atoms with Gasteiger partial charge in [0.2, 0.25) is 0 Å². The van der Waals surface area contributed by atoms with Gasteiger partial charge in [-0.05, 0) is 43.1 Å². The molecule has 0 saturated carbocycles. The molecule has 0 aromatic rings. The van der Waals surface area contributed by atoms with Crippen LogP contribution in [0.15, 0.2) is 0 Å². The molecule has 0 heterocycles. The fraction of sp³-hybridized carbons (Fsp3) is 1.00. The Morgan fingerprint density at radius 3 is 2.06 bits per heavy atom. The topological polar surface area (TPSA) is 12.0 Å². The molecular formula is C16H35N. The van der Waals surface area contributed by atoms with Gasteiger partial charge in [0, 0.05) is 6.04 Å². The molecule has 0 aliphatic carbocycles. The third kappa shape index (κ3) is 8.65. The van der Waals surface area contributed by atoms with E-state index in [0.717, 1.165) is 18.4 Å². The molecule has 0 aliphatic rings. The monoisotopic (exact) mass is 241 g/mol. The maximum atomic E-state index is 3.74. The Hall–Kier alpha value is -0.0400. The van der Waals surface area contributed by atoms with Gasteiger partial charge in [-0.2, -0.15) is 0 Å². The van der Waals surface area contributed by atoms with E-state index in [2.05, 4.69) is 53.8 Å². The van der Waals surface area contributed by atoms with Crippen molar-refractivity contribution in [3.05, 3.63) is 0 Å². The lowest BCUT2D eigenvalue weighted by Gasteiger charge is -2.30. The highest BCUT2D eigenvalue weighted by atomic mass is 14.9. The van der Waals surface area contributed by atoms with E-state index >= 15 is 0 Å². The number of hydrogen-bond acceptors (Lipinski definition) is 1. The minimum absolute atomic E-state index is 0.462. The SMILES string of the molecule is CCCNC(CC(C)CC(C)(C)C)C(C)CC. The van der Waals surface area contributed by atoms with Crippen molar-refractivity contribution >= 4 is 0 Å². The Morgan fingerprint density at radius 1 is 1.06 bits per heavy atom. The molecule has 0 rings (SSSR count). The fourth-order valence-electron chi connectivity index (χ4n) is 2.69. The molecule has 3 atom stereocenters. The molecule has 1 heteroatoms. The zero-order valence-electron chi connectivity index (χ0n) is 13.3. The van der Waals surface area contributed by atoms with Crippen LogP contribution in [0.5, 0.6) is 0 Å². The molecule has 0 bridgehead atoms. The smallest absolute Gasteiger partial charge is 0.00951 e. The summed E-state index contributed by atoms with van der Waals surface area (Å²) in [6.45, 7) is 17.6. The highest BCUT2D eigenvalue weighted by Crippen LogP contribution is 2.28. The van der Waals surface area contributed by atoms with Gasteiger partial charge in [-0.25, -0.2) is 0 Å². The zero-order valence-corrected chi connectivity index (χ0v) is 13.3. The van der Waals surface area contributed by atoms with Crippen LogP contribution >= 0.6 is 0 Å². The van der Waals surface area contributed by atoms with Crippen LogP contribution in [0.3, 0.4) is 0 Å². The largest absolute Gasteiger partial charge is 0.314 e. The minimum Gasteiger partial charge on any atom is -0.314 e. The Kier molecular flexibility index (Phi) is 8.11. The van der Waals surface area contributed by atoms with E-state index in [-0.39, 0.29) is 0 Å². The Balaban J connectivity index is 4.21. The molecule has 17 heavy (non-hydrogen) atoms. The maximum absolute atomic E-state index is 3.74. The third-order valence-corrected chi connectivity index (χ3v) is 3.60. The number of rotatable bonds is 8. The molecule has 104 valence electrons. The Bertz CT molecular complexity index is 180. The van der Waals surface area contributed by atoms with Crippen molar-refractivity contribution in [3.63, 3.8) is 0 Å². The Morgan fingerprint density at radius 2 is 1.65 bits per heavy atom. The van der Waals surface area contributed by atoms with E-state index in [4.69, 9.17) is 0 Å². The molecule has 0 amide bonds. The molecule has 0 aromatic carbocycles. The van der Waals surface area contributed by atoms with Crippen LogP contribution in [-0.4, -0.2) is 12.6 Å². The van der Waals surface area contributed by atoms with Crippen molar-refractivity contribution in [3.8, 4) is 0 Å². The second-order valence-electron chi connectivity index (χ2n) is 7.05. The van der Waals surface area contributed by atoms with Gasteiger partial charge in [-0.15, -0.1) is 0 Å². The lowest BCUT2D eigenvalue weighted by atomic mass is 9.81. The van der Waals surface area contributed by atoms with Crippen LogP contribution in [0, 0.1) is 17.3 Å². The van der Waals surface area contributed by atoms with Gasteiger partial charge in [0.15, 0.2) is 0 Å². The summed E-state index contributed by atoms with van der Waals surface area (Å²) in [6, 6.07) is 0.706. The molecular weight excluding hydrogens is 206 g/mol. The fourth-order valence-corrected chi connectivity index (χ4v) is 2.69. The molecule has 0 aromatic heterocycles. The highest BCUT2D eigenvalue weighted by Gasteiger charge is 2.21. The quantitative estimate of drug-likeness (QED) is 0.639. The predicted molar refractivity (Wildman–Crippen MR) is 79.4 cm³/mol. The van der Waals surface area contributed by atoms with Crippen molar-refractivity contribution in [2.75, 3.05) is 6.54 Å². The van der Waals surface area contributed by atoms with E-state index in [9.17, 15) is 0 Å². The van der Waals surface area contributed by atoms with Crippen LogP contribution in [0.4, 0.5) is 0 Å². The van der Waals surface area contributed by atoms with E-state index < -0.39 is 0 Å². The second-order valence-corrected chi connectivity index (χ2v) is 7.05. The predicted octanol–water partition coefficient (Wildman–Crippen LogP) is 4.86. The zero-order chi connectivity index (χ0) is 13.5. The molecule has 1 nitrogen and oxygen atoms in total. The summed E-state index contributed by atoms with van der Waals surface area (Å²) < 4.78 is 0. The van der Waals surface area contributed by atoms with Crippen LogP contribution in [-0.2, 0) is 0 Å². The van der Waals surface area contributed by atoms with Crippen molar-refractivity contribution < 1.29 is 0 Å². The lowest BCUT2D eigenvalue weighted by molar-refractivity contribution is 0.246. The Labute approximate surface area is 110 Å². The summed E-state index contributed by atoms with van der Waals surface area (Å²) in [5.74, 6) is 1.61. The van der Waals surface area contributed by atoms with Gasteiger partial charge < -0.3 is 5.32 Å². The van der Waals surface area contributed by atoms with Crippen molar-refractivity contribution in [1.82, 2.24) is 5.32 Å². The van der Waals surface area contributed by atoms with Crippen LogP contribution in [0.2, 0.25) is 0 Å². The molecule has 0 radical (unpaired) electrons. The van der Waals surface area contributed by atoms with E-state index in [0.29, 0.717) is 11.5 Å². The normalized spacial score (nSPS) is 17.8.